The van der Waals surface area contributed by atoms with Crippen LogP contribution in [0, 0.1) is 11.8 Å². The summed E-state index contributed by atoms with van der Waals surface area (Å²) in [7, 11) is 0. The number of aliphatic hydroxyl groups excluding tert-OH is 1. The van der Waals surface area contributed by atoms with Gasteiger partial charge in [-0.15, -0.1) is 0 Å². The molecule has 0 spiro atoms. The van der Waals surface area contributed by atoms with Gasteiger partial charge < -0.3 is 10.4 Å². The second-order valence-corrected chi connectivity index (χ2v) is 4.40. The minimum atomic E-state index is 0.311. The number of aliphatic hydroxyl groups is 1. The van der Waals surface area contributed by atoms with Crippen molar-refractivity contribution in [2.75, 3.05) is 13.2 Å². The molecular formula is C11H25NO. The summed E-state index contributed by atoms with van der Waals surface area (Å²) in [4.78, 5) is 0. The molecule has 13 heavy (non-hydrogen) atoms. The first kappa shape index (κ1) is 12.9. The Hall–Kier alpha value is -0.0800. The van der Waals surface area contributed by atoms with Gasteiger partial charge in [-0.25, -0.2) is 0 Å². The summed E-state index contributed by atoms with van der Waals surface area (Å²) >= 11 is 0. The zero-order valence-electron chi connectivity index (χ0n) is 9.51. The summed E-state index contributed by atoms with van der Waals surface area (Å²) in [6, 6.07) is 0.536. The van der Waals surface area contributed by atoms with Gasteiger partial charge in [0.1, 0.15) is 0 Å². The van der Waals surface area contributed by atoms with Gasteiger partial charge in [0.2, 0.25) is 0 Å². The maximum atomic E-state index is 8.65. The number of hydrogen-bond donors (Lipinski definition) is 2. The molecule has 0 fully saturated rings. The Kier molecular flexibility index (Phi) is 7.29. The molecule has 0 amide bonds. The van der Waals surface area contributed by atoms with Gasteiger partial charge in [-0.2, -0.15) is 0 Å². The van der Waals surface area contributed by atoms with Gasteiger partial charge in [-0.05, 0) is 38.1 Å². The highest BCUT2D eigenvalue weighted by molar-refractivity contribution is 4.65. The largest absolute Gasteiger partial charge is 0.396 e. The second-order valence-electron chi connectivity index (χ2n) is 4.40. The Morgan fingerprint density at radius 1 is 1.15 bits per heavy atom. The molecule has 0 aliphatic rings. The van der Waals surface area contributed by atoms with Crippen LogP contribution in [-0.2, 0) is 0 Å². The molecule has 2 nitrogen and oxygen atoms in total. The van der Waals surface area contributed by atoms with Crippen LogP contribution in [0.5, 0.6) is 0 Å². The minimum Gasteiger partial charge on any atom is -0.396 e. The van der Waals surface area contributed by atoms with Crippen molar-refractivity contribution in [2.45, 2.75) is 46.6 Å². The molecule has 2 atom stereocenters. The fraction of sp³-hybridized carbons (Fsp3) is 1.00. The van der Waals surface area contributed by atoms with E-state index in [1.165, 1.54) is 0 Å². The van der Waals surface area contributed by atoms with Crippen molar-refractivity contribution < 1.29 is 5.11 Å². The van der Waals surface area contributed by atoms with E-state index < -0.39 is 0 Å². The van der Waals surface area contributed by atoms with Gasteiger partial charge in [0.15, 0.2) is 0 Å². The topological polar surface area (TPSA) is 32.3 Å². The Bertz CT molecular complexity index is 115. The van der Waals surface area contributed by atoms with Gasteiger partial charge in [0.25, 0.3) is 0 Å². The fourth-order valence-corrected chi connectivity index (χ4v) is 1.12. The summed E-state index contributed by atoms with van der Waals surface area (Å²) in [6.45, 7) is 10.4. The molecule has 2 heteroatoms. The van der Waals surface area contributed by atoms with Gasteiger partial charge in [0.05, 0.1) is 0 Å². The monoisotopic (exact) mass is 187 g/mol. The molecule has 80 valence electrons. The SMILES string of the molecule is CC(CCCO)NCC(C)C(C)C. The lowest BCUT2D eigenvalue weighted by atomic mass is 9.98. The average Bonchev–Trinajstić information content (AvgIpc) is 2.10. The summed E-state index contributed by atoms with van der Waals surface area (Å²) in [5.74, 6) is 1.48. The van der Waals surface area contributed by atoms with Crippen molar-refractivity contribution in [3.8, 4) is 0 Å². The predicted molar refractivity (Wildman–Crippen MR) is 57.8 cm³/mol. The van der Waals surface area contributed by atoms with Crippen LogP contribution in [0.2, 0.25) is 0 Å². The first-order chi connectivity index (χ1) is 6.07. The van der Waals surface area contributed by atoms with Crippen LogP contribution in [-0.4, -0.2) is 24.3 Å². The van der Waals surface area contributed by atoms with Crippen LogP contribution >= 0.6 is 0 Å². The third kappa shape index (κ3) is 7.03. The van der Waals surface area contributed by atoms with E-state index in [-0.39, 0.29) is 0 Å². The Labute approximate surface area is 82.7 Å². The first-order valence-electron chi connectivity index (χ1n) is 5.42. The van der Waals surface area contributed by atoms with E-state index >= 15 is 0 Å². The Morgan fingerprint density at radius 2 is 1.77 bits per heavy atom. The molecular weight excluding hydrogens is 162 g/mol. The Morgan fingerprint density at radius 3 is 2.23 bits per heavy atom. The highest BCUT2D eigenvalue weighted by Gasteiger charge is 2.08. The lowest BCUT2D eigenvalue weighted by Gasteiger charge is -2.19. The number of rotatable bonds is 7. The number of hydrogen-bond acceptors (Lipinski definition) is 2. The molecule has 0 saturated heterocycles. The molecule has 0 bridgehead atoms. The first-order valence-corrected chi connectivity index (χ1v) is 5.42. The van der Waals surface area contributed by atoms with E-state index in [9.17, 15) is 0 Å². The second kappa shape index (κ2) is 7.34. The molecule has 0 aliphatic heterocycles. The molecule has 2 unspecified atom stereocenters. The molecule has 0 aliphatic carbocycles. The molecule has 0 aromatic carbocycles. The number of nitrogens with one attached hydrogen (secondary N) is 1. The van der Waals surface area contributed by atoms with E-state index in [0.29, 0.717) is 12.6 Å². The van der Waals surface area contributed by atoms with E-state index in [1.54, 1.807) is 0 Å². The average molecular weight is 187 g/mol. The lowest BCUT2D eigenvalue weighted by Crippen LogP contribution is -2.32. The van der Waals surface area contributed by atoms with E-state index in [2.05, 4.69) is 33.0 Å². The van der Waals surface area contributed by atoms with Crippen LogP contribution < -0.4 is 5.32 Å². The standard InChI is InChI=1S/C11H25NO/c1-9(2)10(3)8-12-11(4)6-5-7-13/h9-13H,5-8H2,1-4H3. The van der Waals surface area contributed by atoms with Crippen LogP contribution in [0.15, 0.2) is 0 Å². The minimum absolute atomic E-state index is 0.311. The van der Waals surface area contributed by atoms with Crippen molar-refractivity contribution >= 4 is 0 Å². The van der Waals surface area contributed by atoms with Gasteiger partial charge in [0, 0.05) is 12.6 Å². The fourth-order valence-electron chi connectivity index (χ4n) is 1.12. The van der Waals surface area contributed by atoms with Crippen molar-refractivity contribution in [1.29, 1.82) is 0 Å². The molecule has 0 saturated carbocycles. The van der Waals surface area contributed by atoms with Crippen LogP contribution in [0.4, 0.5) is 0 Å². The predicted octanol–water partition coefficient (Wildman–Crippen LogP) is 2.03. The summed E-state index contributed by atoms with van der Waals surface area (Å²) in [5, 5.41) is 12.1. The summed E-state index contributed by atoms with van der Waals surface area (Å²) in [5.41, 5.74) is 0. The molecule has 2 N–H and O–H groups in total. The highest BCUT2D eigenvalue weighted by Crippen LogP contribution is 2.08. The van der Waals surface area contributed by atoms with Crippen molar-refractivity contribution in [2.24, 2.45) is 11.8 Å². The third-order valence-electron chi connectivity index (χ3n) is 2.72. The normalized spacial score (nSPS) is 16.2. The molecule has 0 aromatic heterocycles. The van der Waals surface area contributed by atoms with E-state index in [1.807, 2.05) is 0 Å². The zero-order chi connectivity index (χ0) is 10.3. The third-order valence-corrected chi connectivity index (χ3v) is 2.72. The maximum absolute atomic E-state index is 8.65. The molecule has 0 aromatic rings. The van der Waals surface area contributed by atoms with E-state index in [0.717, 1.165) is 31.2 Å². The van der Waals surface area contributed by atoms with Crippen molar-refractivity contribution in [3.05, 3.63) is 0 Å². The maximum Gasteiger partial charge on any atom is 0.0431 e. The quantitative estimate of drug-likeness (QED) is 0.639. The van der Waals surface area contributed by atoms with Crippen LogP contribution in [0.1, 0.15) is 40.5 Å². The molecule has 0 rings (SSSR count). The smallest absolute Gasteiger partial charge is 0.0431 e. The van der Waals surface area contributed by atoms with Crippen LogP contribution in [0.25, 0.3) is 0 Å². The summed E-state index contributed by atoms with van der Waals surface area (Å²) < 4.78 is 0. The Balaban J connectivity index is 3.40. The molecule has 0 radical (unpaired) electrons. The van der Waals surface area contributed by atoms with Crippen LogP contribution in [0.3, 0.4) is 0 Å². The van der Waals surface area contributed by atoms with Gasteiger partial charge >= 0.3 is 0 Å². The van der Waals surface area contributed by atoms with Crippen molar-refractivity contribution in [1.82, 2.24) is 5.32 Å². The van der Waals surface area contributed by atoms with Gasteiger partial charge in [-0.3, -0.25) is 0 Å². The highest BCUT2D eigenvalue weighted by atomic mass is 16.2. The lowest BCUT2D eigenvalue weighted by molar-refractivity contribution is 0.273. The zero-order valence-corrected chi connectivity index (χ0v) is 9.51. The van der Waals surface area contributed by atoms with Crippen molar-refractivity contribution in [3.63, 3.8) is 0 Å². The molecule has 0 heterocycles. The van der Waals surface area contributed by atoms with E-state index in [4.69, 9.17) is 5.11 Å². The summed E-state index contributed by atoms with van der Waals surface area (Å²) in [6.07, 6.45) is 1.98. The van der Waals surface area contributed by atoms with Gasteiger partial charge in [-0.1, -0.05) is 20.8 Å².